The zero-order valence-corrected chi connectivity index (χ0v) is 15.5. The monoisotopic (exact) mass is 408 g/mol. The largest absolute Gasteiger partial charge is 0.497 e. The average molecular weight is 408 g/mol. The molecule has 0 bridgehead atoms. The minimum Gasteiger partial charge on any atom is -0.497 e. The number of halogens is 3. The fourth-order valence-electron chi connectivity index (χ4n) is 2.63. The van der Waals surface area contributed by atoms with Crippen molar-refractivity contribution < 1.29 is 36.9 Å². The molecule has 0 aliphatic rings. The fourth-order valence-corrected chi connectivity index (χ4v) is 2.63. The highest BCUT2D eigenvalue weighted by Gasteiger charge is 2.42. The Morgan fingerprint density at radius 2 is 1.69 bits per heavy atom. The first-order valence-corrected chi connectivity index (χ1v) is 8.14. The summed E-state index contributed by atoms with van der Waals surface area (Å²) < 4.78 is 57.2. The number of aromatic nitrogens is 2. The Balaban J connectivity index is 2.09. The third-order valence-corrected chi connectivity index (χ3v) is 3.97. The molecule has 0 fully saturated rings. The summed E-state index contributed by atoms with van der Waals surface area (Å²) in [5, 5.41) is 0.404. The zero-order valence-electron chi connectivity index (χ0n) is 15.5. The molecule has 1 heterocycles. The molecule has 29 heavy (non-hydrogen) atoms. The summed E-state index contributed by atoms with van der Waals surface area (Å²) in [6.07, 6.45) is -5.17. The van der Waals surface area contributed by atoms with Crippen LogP contribution < -0.4 is 18.9 Å². The lowest BCUT2D eigenvalue weighted by Gasteiger charge is -2.13. The zero-order chi connectivity index (χ0) is 21.2. The van der Waals surface area contributed by atoms with E-state index in [2.05, 4.69) is 14.7 Å². The number of rotatable bonds is 5. The Bertz CT molecular complexity index is 1070. The quantitative estimate of drug-likeness (QED) is 0.594. The number of carbonyl (C=O) groups excluding carboxylic acids is 1. The van der Waals surface area contributed by atoms with E-state index in [1.807, 2.05) is 0 Å². The molecule has 0 atom stereocenters. The van der Waals surface area contributed by atoms with E-state index in [9.17, 15) is 18.0 Å². The van der Waals surface area contributed by atoms with E-state index in [1.54, 1.807) is 36.4 Å². The van der Waals surface area contributed by atoms with Crippen molar-refractivity contribution in [3.8, 4) is 34.5 Å². The molecular formula is C19H15F3N2O5. The molecule has 1 aromatic heterocycles. The van der Waals surface area contributed by atoms with Gasteiger partial charge in [0.1, 0.15) is 11.5 Å². The third-order valence-electron chi connectivity index (χ3n) is 3.97. The number of carbonyl (C=O) groups is 1. The maximum atomic E-state index is 12.4. The second kappa shape index (κ2) is 7.82. The maximum Gasteiger partial charge on any atom is 0.491 e. The van der Waals surface area contributed by atoms with Crippen LogP contribution in [-0.4, -0.2) is 43.4 Å². The molecule has 0 amide bonds. The third kappa shape index (κ3) is 4.15. The van der Waals surface area contributed by atoms with Crippen molar-refractivity contribution in [2.24, 2.45) is 0 Å². The lowest BCUT2D eigenvalue weighted by molar-refractivity contribution is -0.190. The van der Waals surface area contributed by atoms with Crippen LogP contribution in [0.1, 0.15) is 0 Å². The molecule has 3 rings (SSSR count). The SMILES string of the molecule is COc1ccc(OC)c(-c2ccc3nc(OC(=O)C(F)(F)F)nc(OC)c3c2)c1. The van der Waals surface area contributed by atoms with E-state index in [1.165, 1.54) is 21.3 Å². The van der Waals surface area contributed by atoms with Crippen molar-refractivity contribution in [1.82, 2.24) is 9.97 Å². The highest BCUT2D eigenvalue weighted by Crippen LogP contribution is 2.36. The smallest absolute Gasteiger partial charge is 0.491 e. The molecular weight excluding hydrogens is 393 g/mol. The standard InChI is InChI=1S/C19H15F3N2O5/c1-26-11-5-7-15(27-2)12(9-11)10-4-6-14-13(8-10)16(28-3)24-18(23-14)29-17(25)19(20,21)22/h4-9H,1-3H3. The van der Waals surface area contributed by atoms with Crippen LogP contribution in [0.4, 0.5) is 13.2 Å². The van der Waals surface area contributed by atoms with Gasteiger partial charge < -0.3 is 18.9 Å². The molecule has 0 aliphatic heterocycles. The number of fused-ring (bicyclic) bond motifs is 1. The van der Waals surface area contributed by atoms with Crippen LogP contribution in [0, 0.1) is 0 Å². The van der Waals surface area contributed by atoms with Gasteiger partial charge in [0.2, 0.25) is 5.88 Å². The predicted octanol–water partition coefficient (Wildman–Crippen LogP) is 3.79. The summed E-state index contributed by atoms with van der Waals surface area (Å²) in [5.41, 5.74) is 1.64. The number of methoxy groups -OCH3 is 3. The van der Waals surface area contributed by atoms with Crippen molar-refractivity contribution in [2.45, 2.75) is 6.18 Å². The van der Waals surface area contributed by atoms with Gasteiger partial charge in [-0.25, -0.2) is 4.79 Å². The van der Waals surface area contributed by atoms with Crippen molar-refractivity contribution >= 4 is 16.9 Å². The number of benzene rings is 2. The van der Waals surface area contributed by atoms with Crippen LogP contribution >= 0.6 is 0 Å². The van der Waals surface area contributed by atoms with Crippen LogP contribution in [0.2, 0.25) is 0 Å². The van der Waals surface area contributed by atoms with Gasteiger partial charge in [-0.05, 0) is 35.9 Å². The molecule has 0 aliphatic carbocycles. The number of esters is 1. The van der Waals surface area contributed by atoms with Crippen LogP contribution in [0.15, 0.2) is 36.4 Å². The van der Waals surface area contributed by atoms with Crippen LogP contribution in [0.3, 0.4) is 0 Å². The van der Waals surface area contributed by atoms with Crippen molar-refractivity contribution in [3.63, 3.8) is 0 Å². The summed E-state index contributed by atoms with van der Waals surface area (Å²) in [7, 11) is 4.35. The Morgan fingerprint density at radius 3 is 2.31 bits per heavy atom. The number of ether oxygens (including phenoxy) is 4. The molecule has 0 spiro atoms. The van der Waals surface area contributed by atoms with E-state index in [4.69, 9.17) is 14.2 Å². The first-order chi connectivity index (χ1) is 13.8. The molecule has 152 valence electrons. The van der Waals surface area contributed by atoms with Crippen molar-refractivity contribution in [2.75, 3.05) is 21.3 Å². The van der Waals surface area contributed by atoms with Crippen molar-refractivity contribution in [1.29, 1.82) is 0 Å². The Hall–Kier alpha value is -3.56. The molecule has 2 aromatic carbocycles. The molecule has 0 unspecified atom stereocenters. The van der Waals surface area contributed by atoms with Gasteiger partial charge in [0, 0.05) is 5.56 Å². The molecule has 10 heteroatoms. The second-order valence-electron chi connectivity index (χ2n) is 5.70. The van der Waals surface area contributed by atoms with Crippen molar-refractivity contribution in [3.05, 3.63) is 36.4 Å². The van der Waals surface area contributed by atoms with E-state index in [0.29, 0.717) is 28.0 Å². The number of hydrogen-bond donors (Lipinski definition) is 0. The minimum absolute atomic E-state index is 0.0521. The summed E-state index contributed by atoms with van der Waals surface area (Å²) in [4.78, 5) is 18.7. The lowest BCUT2D eigenvalue weighted by Crippen LogP contribution is -2.28. The molecule has 0 N–H and O–H groups in total. The number of nitrogens with zero attached hydrogens (tertiary/aromatic N) is 2. The summed E-state index contributed by atoms with van der Waals surface area (Å²) in [5.74, 6) is -1.28. The van der Waals surface area contributed by atoms with E-state index in [0.717, 1.165) is 0 Å². The van der Waals surface area contributed by atoms with Gasteiger partial charge in [0.05, 0.1) is 32.2 Å². The van der Waals surface area contributed by atoms with Gasteiger partial charge in [0.15, 0.2) is 0 Å². The van der Waals surface area contributed by atoms with E-state index in [-0.39, 0.29) is 11.4 Å². The predicted molar refractivity (Wildman–Crippen MR) is 96.3 cm³/mol. The molecule has 7 nitrogen and oxygen atoms in total. The highest BCUT2D eigenvalue weighted by atomic mass is 19.4. The molecule has 0 saturated carbocycles. The Labute approximate surface area is 163 Å². The van der Waals surface area contributed by atoms with Gasteiger partial charge in [-0.1, -0.05) is 6.07 Å². The Morgan fingerprint density at radius 1 is 0.931 bits per heavy atom. The number of hydrogen-bond acceptors (Lipinski definition) is 7. The summed E-state index contributed by atoms with van der Waals surface area (Å²) >= 11 is 0. The molecule has 3 aromatic rings. The summed E-state index contributed by atoms with van der Waals surface area (Å²) in [6.45, 7) is 0. The van der Waals surface area contributed by atoms with Gasteiger partial charge >= 0.3 is 18.2 Å². The van der Waals surface area contributed by atoms with Gasteiger partial charge in [0.25, 0.3) is 0 Å². The van der Waals surface area contributed by atoms with Gasteiger partial charge in [-0.15, -0.1) is 0 Å². The average Bonchev–Trinajstić information content (AvgIpc) is 2.71. The van der Waals surface area contributed by atoms with E-state index >= 15 is 0 Å². The molecule has 0 radical (unpaired) electrons. The minimum atomic E-state index is -5.17. The van der Waals surface area contributed by atoms with Gasteiger partial charge in [-0.2, -0.15) is 23.1 Å². The second-order valence-corrected chi connectivity index (χ2v) is 5.70. The van der Waals surface area contributed by atoms with Gasteiger partial charge in [-0.3, -0.25) is 0 Å². The van der Waals surface area contributed by atoms with E-state index < -0.39 is 18.2 Å². The topological polar surface area (TPSA) is 79.8 Å². The summed E-state index contributed by atoms with van der Waals surface area (Å²) in [6, 6.07) is 9.40. The van der Waals surface area contributed by atoms with Crippen LogP contribution in [0.25, 0.3) is 22.0 Å². The fraction of sp³-hybridized carbons (Fsp3) is 0.211. The first-order valence-electron chi connectivity index (χ1n) is 8.14. The highest BCUT2D eigenvalue weighted by molar-refractivity contribution is 5.90. The number of alkyl halides is 3. The molecule has 0 saturated heterocycles. The lowest BCUT2D eigenvalue weighted by atomic mass is 10.0. The first kappa shape index (κ1) is 20.2. The Kier molecular flexibility index (Phi) is 5.44. The van der Waals surface area contributed by atoms with Crippen LogP contribution in [-0.2, 0) is 4.79 Å². The maximum absolute atomic E-state index is 12.4. The normalized spacial score (nSPS) is 11.2. The van der Waals surface area contributed by atoms with Crippen LogP contribution in [0.5, 0.6) is 23.4 Å².